The second-order valence-corrected chi connectivity index (χ2v) is 6.52. The molecule has 2 aliphatic rings. The van der Waals surface area contributed by atoms with Crippen molar-refractivity contribution < 1.29 is 4.79 Å². The van der Waals surface area contributed by atoms with E-state index in [4.69, 9.17) is 0 Å². The van der Waals surface area contributed by atoms with Gasteiger partial charge in [-0.1, -0.05) is 25.1 Å². The molecule has 2 aliphatic heterocycles. The van der Waals surface area contributed by atoms with Gasteiger partial charge in [-0.3, -0.25) is 4.79 Å². The summed E-state index contributed by atoms with van der Waals surface area (Å²) in [6.07, 6.45) is 4.25. The van der Waals surface area contributed by atoms with Crippen molar-refractivity contribution in [3.8, 4) is 0 Å². The minimum atomic E-state index is -0.0696. The van der Waals surface area contributed by atoms with Gasteiger partial charge in [0.2, 0.25) is 0 Å². The Kier molecular flexibility index (Phi) is 4.36. The number of carbonyl (C=O) groups is 1. The number of carbonyl (C=O) groups excluding carboxylic acids is 1. The number of benzene rings is 1. The maximum absolute atomic E-state index is 12.8. The minimum Gasteiger partial charge on any atom is -0.353 e. The molecular weight excluding hydrogens is 314 g/mol. The number of nitrogens with zero attached hydrogens (tertiary/aromatic N) is 5. The summed E-state index contributed by atoms with van der Waals surface area (Å²) >= 11 is 0. The van der Waals surface area contributed by atoms with E-state index < -0.39 is 0 Å². The Morgan fingerprint density at radius 2 is 1.84 bits per heavy atom. The van der Waals surface area contributed by atoms with Gasteiger partial charge in [-0.25, -0.2) is 9.97 Å². The molecule has 0 atom stereocenters. The molecule has 4 rings (SSSR count). The molecule has 6 nitrogen and oxygen atoms in total. The van der Waals surface area contributed by atoms with E-state index in [0.717, 1.165) is 50.6 Å². The van der Waals surface area contributed by atoms with Gasteiger partial charge < -0.3 is 14.7 Å². The second kappa shape index (κ2) is 6.80. The first-order valence-corrected chi connectivity index (χ1v) is 8.95. The first-order chi connectivity index (χ1) is 12.3. The fraction of sp³-hybridized carbons (Fsp3) is 0.421. The number of likely N-dealkylation sites (N-methyl/N-ethyl adjacent to an activating group) is 1. The van der Waals surface area contributed by atoms with Crippen LogP contribution in [0.15, 0.2) is 36.7 Å². The first-order valence-electron chi connectivity index (χ1n) is 8.95. The summed E-state index contributed by atoms with van der Waals surface area (Å²) < 4.78 is 0. The molecule has 2 aromatic rings. The third-order valence-corrected chi connectivity index (χ3v) is 5.13. The van der Waals surface area contributed by atoms with Crippen LogP contribution in [0.5, 0.6) is 0 Å². The molecule has 1 aromatic heterocycles. The third kappa shape index (κ3) is 3.09. The lowest BCUT2D eigenvalue weighted by atomic mass is 10.2. The van der Waals surface area contributed by atoms with E-state index >= 15 is 0 Å². The molecule has 0 aliphatic carbocycles. The molecular formula is C19H23N5O. The fourth-order valence-corrected chi connectivity index (χ4v) is 3.58. The van der Waals surface area contributed by atoms with E-state index in [1.54, 1.807) is 17.3 Å². The quantitative estimate of drug-likeness (QED) is 0.855. The average Bonchev–Trinajstić information content (AvgIpc) is 3.12. The number of fused-ring (bicyclic) bond motifs is 1. The van der Waals surface area contributed by atoms with Gasteiger partial charge in [0.05, 0.1) is 12.4 Å². The monoisotopic (exact) mass is 337 g/mol. The van der Waals surface area contributed by atoms with Crippen LogP contribution in [-0.4, -0.2) is 60.0 Å². The first kappa shape index (κ1) is 16.0. The highest BCUT2D eigenvalue weighted by molar-refractivity contribution is 6.05. The number of aromatic nitrogens is 2. The van der Waals surface area contributed by atoms with Crippen LogP contribution in [0.3, 0.4) is 0 Å². The predicted molar refractivity (Wildman–Crippen MR) is 98.2 cm³/mol. The van der Waals surface area contributed by atoms with Crippen LogP contribution < -0.4 is 9.80 Å². The Balaban J connectivity index is 1.47. The van der Waals surface area contributed by atoms with E-state index in [9.17, 15) is 4.79 Å². The van der Waals surface area contributed by atoms with Crippen molar-refractivity contribution in [3.63, 3.8) is 0 Å². The van der Waals surface area contributed by atoms with Crippen molar-refractivity contribution in [2.75, 3.05) is 49.1 Å². The zero-order valence-electron chi connectivity index (χ0n) is 14.6. The molecule has 0 radical (unpaired) electrons. The number of hydrogen-bond acceptors (Lipinski definition) is 5. The zero-order valence-corrected chi connectivity index (χ0v) is 14.6. The van der Waals surface area contributed by atoms with Gasteiger partial charge in [0.25, 0.3) is 5.91 Å². The van der Waals surface area contributed by atoms with Crippen LogP contribution in [0.25, 0.3) is 0 Å². The smallest absolute Gasteiger partial charge is 0.278 e. The maximum Gasteiger partial charge on any atom is 0.278 e. The van der Waals surface area contributed by atoms with E-state index in [2.05, 4.69) is 32.8 Å². The molecule has 1 amide bonds. The SMILES string of the molecule is CCN1CCN(c2cnc(C(=O)N3CCc4ccccc43)cn2)CC1. The number of para-hydroxylation sites is 1. The molecule has 0 saturated carbocycles. The number of hydrogen-bond donors (Lipinski definition) is 0. The summed E-state index contributed by atoms with van der Waals surface area (Å²) in [4.78, 5) is 28.1. The number of piperazine rings is 1. The van der Waals surface area contributed by atoms with E-state index in [1.165, 1.54) is 5.56 Å². The molecule has 1 saturated heterocycles. The third-order valence-electron chi connectivity index (χ3n) is 5.13. The Hall–Kier alpha value is -2.47. The summed E-state index contributed by atoms with van der Waals surface area (Å²) in [6, 6.07) is 8.05. The number of rotatable bonds is 3. The summed E-state index contributed by atoms with van der Waals surface area (Å²) in [5, 5.41) is 0. The van der Waals surface area contributed by atoms with Crippen molar-refractivity contribution in [2.24, 2.45) is 0 Å². The Labute approximate surface area is 148 Å². The molecule has 0 spiro atoms. The molecule has 25 heavy (non-hydrogen) atoms. The van der Waals surface area contributed by atoms with Crippen LogP contribution in [0.1, 0.15) is 23.0 Å². The van der Waals surface area contributed by atoms with Gasteiger partial charge in [-0.15, -0.1) is 0 Å². The molecule has 0 bridgehead atoms. The lowest BCUT2D eigenvalue weighted by Gasteiger charge is -2.34. The highest BCUT2D eigenvalue weighted by atomic mass is 16.2. The zero-order chi connectivity index (χ0) is 17.2. The molecule has 1 aromatic carbocycles. The molecule has 1 fully saturated rings. The molecule has 0 unspecified atom stereocenters. The normalized spacial score (nSPS) is 17.6. The van der Waals surface area contributed by atoms with Crippen LogP contribution in [0.4, 0.5) is 11.5 Å². The van der Waals surface area contributed by atoms with Gasteiger partial charge in [0.15, 0.2) is 0 Å². The molecule has 0 N–H and O–H groups in total. The van der Waals surface area contributed by atoms with Crippen LogP contribution in [0, 0.1) is 0 Å². The summed E-state index contributed by atoms with van der Waals surface area (Å²) in [5.41, 5.74) is 2.62. The van der Waals surface area contributed by atoms with E-state index in [0.29, 0.717) is 12.2 Å². The number of amides is 1. The van der Waals surface area contributed by atoms with Crippen molar-refractivity contribution in [3.05, 3.63) is 47.9 Å². The summed E-state index contributed by atoms with van der Waals surface area (Å²) in [6.45, 7) is 7.98. The van der Waals surface area contributed by atoms with E-state index in [-0.39, 0.29) is 5.91 Å². The minimum absolute atomic E-state index is 0.0696. The van der Waals surface area contributed by atoms with Crippen LogP contribution in [0.2, 0.25) is 0 Å². The lowest BCUT2D eigenvalue weighted by molar-refractivity contribution is 0.0984. The van der Waals surface area contributed by atoms with Gasteiger partial charge in [0.1, 0.15) is 11.5 Å². The van der Waals surface area contributed by atoms with E-state index in [1.807, 2.05) is 18.2 Å². The van der Waals surface area contributed by atoms with Crippen molar-refractivity contribution in [2.45, 2.75) is 13.3 Å². The molecule has 3 heterocycles. The Bertz CT molecular complexity index is 753. The van der Waals surface area contributed by atoms with Gasteiger partial charge in [-0.05, 0) is 24.6 Å². The summed E-state index contributed by atoms with van der Waals surface area (Å²) in [5.74, 6) is 0.786. The van der Waals surface area contributed by atoms with Crippen LogP contribution >= 0.6 is 0 Å². The van der Waals surface area contributed by atoms with Crippen molar-refractivity contribution in [1.82, 2.24) is 14.9 Å². The van der Waals surface area contributed by atoms with Gasteiger partial charge in [0, 0.05) is 38.4 Å². The van der Waals surface area contributed by atoms with Crippen LogP contribution in [-0.2, 0) is 6.42 Å². The summed E-state index contributed by atoms with van der Waals surface area (Å²) in [7, 11) is 0. The van der Waals surface area contributed by atoms with Crippen molar-refractivity contribution in [1.29, 1.82) is 0 Å². The topological polar surface area (TPSA) is 52.6 Å². The van der Waals surface area contributed by atoms with Crippen molar-refractivity contribution >= 4 is 17.4 Å². The fourth-order valence-electron chi connectivity index (χ4n) is 3.58. The largest absolute Gasteiger partial charge is 0.353 e. The van der Waals surface area contributed by atoms with Gasteiger partial charge in [-0.2, -0.15) is 0 Å². The molecule has 130 valence electrons. The molecule has 6 heteroatoms. The number of anilines is 2. The lowest BCUT2D eigenvalue weighted by Crippen LogP contribution is -2.46. The average molecular weight is 337 g/mol. The highest BCUT2D eigenvalue weighted by Crippen LogP contribution is 2.28. The highest BCUT2D eigenvalue weighted by Gasteiger charge is 2.26. The standard InChI is InChI=1S/C19H23N5O/c1-2-22-9-11-23(12-10-22)18-14-20-16(13-21-18)19(25)24-8-7-15-5-3-4-6-17(15)24/h3-6,13-14H,2,7-12H2,1H3. The predicted octanol–water partition coefficient (Wildman–Crippen LogP) is 1.82. The van der Waals surface area contributed by atoms with Gasteiger partial charge >= 0.3 is 0 Å². The maximum atomic E-state index is 12.8. The Morgan fingerprint density at radius 3 is 2.56 bits per heavy atom. The Morgan fingerprint density at radius 1 is 1.04 bits per heavy atom. The second-order valence-electron chi connectivity index (χ2n) is 6.52.